The van der Waals surface area contributed by atoms with E-state index in [0.717, 1.165) is 5.56 Å². The molecule has 0 aromatic heterocycles. The zero-order chi connectivity index (χ0) is 11.4. The lowest BCUT2D eigenvalue weighted by atomic mass is 10.1. The van der Waals surface area contributed by atoms with Crippen molar-refractivity contribution < 1.29 is 4.79 Å². The van der Waals surface area contributed by atoms with E-state index in [0.29, 0.717) is 10.0 Å². The Hall–Kier alpha value is -0.930. The highest BCUT2D eigenvalue weighted by Crippen LogP contribution is 2.25. The number of amides is 2. The van der Waals surface area contributed by atoms with Crippen LogP contribution in [-0.4, -0.2) is 13.1 Å². The van der Waals surface area contributed by atoms with Gasteiger partial charge in [0.2, 0.25) is 0 Å². The number of carbonyl (C=O) groups is 1. The Kier molecular flexibility index (Phi) is 4.24. The monoisotopic (exact) mass is 246 g/mol. The second kappa shape index (κ2) is 5.24. The highest BCUT2D eigenvalue weighted by molar-refractivity contribution is 6.35. The molecule has 0 bridgehead atoms. The first kappa shape index (κ1) is 12.1. The molecule has 5 heteroatoms. The maximum absolute atomic E-state index is 11.1. The van der Waals surface area contributed by atoms with Gasteiger partial charge in [-0.2, -0.15) is 0 Å². The summed E-state index contributed by atoms with van der Waals surface area (Å²) < 4.78 is 0. The van der Waals surface area contributed by atoms with Crippen LogP contribution >= 0.6 is 23.2 Å². The van der Waals surface area contributed by atoms with Crippen LogP contribution in [0, 0.1) is 0 Å². The Morgan fingerprint density at radius 2 is 2.07 bits per heavy atom. The van der Waals surface area contributed by atoms with Gasteiger partial charge in [-0.25, -0.2) is 4.79 Å². The SMILES string of the molecule is CNC(=O)NC(C)c1ccc(Cl)cc1Cl. The predicted octanol–water partition coefficient (Wildman–Crippen LogP) is 2.98. The van der Waals surface area contributed by atoms with Crippen LogP contribution in [0.5, 0.6) is 0 Å². The number of benzene rings is 1. The van der Waals surface area contributed by atoms with Crippen molar-refractivity contribution in [3.63, 3.8) is 0 Å². The number of nitrogens with one attached hydrogen (secondary N) is 2. The zero-order valence-corrected chi connectivity index (χ0v) is 9.99. The molecule has 0 aliphatic carbocycles. The molecular formula is C10H12Cl2N2O. The number of carbonyl (C=O) groups excluding carboxylic acids is 1. The van der Waals surface area contributed by atoms with Crippen molar-refractivity contribution in [1.82, 2.24) is 10.6 Å². The average molecular weight is 247 g/mol. The van der Waals surface area contributed by atoms with Crippen molar-refractivity contribution in [2.24, 2.45) is 0 Å². The first-order chi connectivity index (χ1) is 7.04. The van der Waals surface area contributed by atoms with Crippen LogP contribution in [0.1, 0.15) is 18.5 Å². The summed E-state index contributed by atoms with van der Waals surface area (Å²) in [6.45, 7) is 1.85. The molecule has 0 aliphatic heterocycles. The lowest BCUT2D eigenvalue weighted by Crippen LogP contribution is -2.34. The molecule has 1 aromatic carbocycles. The van der Waals surface area contributed by atoms with Crippen LogP contribution in [-0.2, 0) is 0 Å². The minimum atomic E-state index is -0.242. The van der Waals surface area contributed by atoms with Gasteiger partial charge in [0.25, 0.3) is 0 Å². The lowest BCUT2D eigenvalue weighted by molar-refractivity contribution is 0.240. The van der Waals surface area contributed by atoms with Crippen molar-refractivity contribution in [3.8, 4) is 0 Å². The first-order valence-electron chi connectivity index (χ1n) is 4.47. The van der Waals surface area contributed by atoms with Gasteiger partial charge < -0.3 is 10.6 Å². The molecular weight excluding hydrogens is 235 g/mol. The Morgan fingerprint density at radius 1 is 1.40 bits per heavy atom. The van der Waals surface area contributed by atoms with Gasteiger partial charge in [0.15, 0.2) is 0 Å². The second-order valence-electron chi connectivity index (χ2n) is 3.11. The summed E-state index contributed by atoms with van der Waals surface area (Å²) in [7, 11) is 1.56. The van der Waals surface area contributed by atoms with E-state index in [1.165, 1.54) is 0 Å². The van der Waals surface area contributed by atoms with E-state index in [1.807, 2.05) is 6.92 Å². The van der Waals surface area contributed by atoms with Gasteiger partial charge in [-0.1, -0.05) is 29.3 Å². The molecule has 0 fully saturated rings. The van der Waals surface area contributed by atoms with Crippen molar-refractivity contribution >= 4 is 29.2 Å². The standard InChI is InChI=1S/C10H12Cl2N2O/c1-6(14-10(15)13-2)8-4-3-7(11)5-9(8)12/h3-6H,1-2H3,(H2,13,14,15). The summed E-state index contributed by atoms with van der Waals surface area (Å²) >= 11 is 11.8. The first-order valence-corrected chi connectivity index (χ1v) is 5.23. The average Bonchev–Trinajstić information content (AvgIpc) is 2.17. The molecule has 0 radical (unpaired) electrons. The number of hydrogen-bond acceptors (Lipinski definition) is 1. The second-order valence-corrected chi connectivity index (χ2v) is 3.95. The smallest absolute Gasteiger partial charge is 0.315 e. The summed E-state index contributed by atoms with van der Waals surface area (Å²) in [5.41, 5.74) is 0.838. The molecule has 2 amide bonds. The molecule has 1 atom stereocenters. The Morgan fingerprint density at radius 3 is 2.60 bits per heavy atom. The highest BCUT2D eigenvalue weighted by Gasteiger charge is 2.11. The molecule has 3 nitrogen and oxygen atoms in total. The molecule has 1 rings (SSSR count). The summed E-state index contributed by atoms with van der Waals surface area (Å²) in [6, 6.07) is 4.79. The molecule has 0 saturated heterocycles. The quantitative estimate of drug-likeness (QED) is 0.828. The van der Waals surface area contributed by atoms with Crippen LogP contribution < -0.4 is 10.6 Å². The number of hydrogen-bond donors (Lipinski definition) is 2. The van der Waals surface area contributed by atoms with Gasteiger partial charge in [0.05, 0.1) is 6.04 Å². The number of rotatable bonds is 2. The number of urea groups is 1. The van der Waals surface area contributed by atoms with Gasteiger partial charge in [-0.3, -0.25) is 0 Å². The fourth-order valence-corrected chi connectivity index (χ4v) is 1.77. The molecule has 15 heavy (non-hydrogen) atoms. The number of halogens is 2. The Labute approximate surface area is 98.8 Å². The summed E-state index contributed by atoms with van der Waals surface area (Å²) in [5, 5.41) is 6.33. The van der Waals surface area contributed by atoms with E-state index in [9.17, 15) is 4.79 Å². The molecule has 0 heterocycles. The summed E-state index contributed by atoms with van der Waals surface area (Å²) in [6.07, 6.45) is 0. The van der Waals surface area contributed by atoms with E-state index in [-0.39, 0.29) is 12.1 Å². The third kappa shape index (κ3) is 3.29. The minimum absolute atomic E-state index is 0.158. The molecule has 1 aromatic rings. The third-order valence-electron chi connectivity index (χ3n) is 2.00. The maximum atomic E-state index is 11.1. The summed E-state index contributed by atoms with van der Waals surface area (Å²) in [4.78, 5) is 11.1. The summed E-state index contributed by atoms with van der Waals surface area (Å²) in [5.74, 6) is 0. The molecule has 0 aliphatic rings. The fraction of sp³-hybridized carbons (Fsp3) is 0.300. The minimum Gasteiger partial charge on any atom is -0.341 e. The van der Waals surface area contributed by atoms with Crippen LogP contribution in [0.3, 0.4) is 0 Å². The normalized spacial score (nSPS) is 12.0. The third-order valence-corrected chi connectivity index (χ3v) is 2.57. The maximum Gasteiger partial charge on any atom is 0.315 e. The van der Waals surface area contributed by atoms with Gasteiger partial charge in [-0.05, 0) is 24.6 Å². The predicted molar refractivity (Wildman–Crippen MR) is 62.5 cm³/mol. The van der Waals surface area contributed by atoms with Gasteiger partial charge in [0.1, 0.15) is 0 Å². The van der Waals surface area contributed by atoms with Gasteiger partial charge in [-0.15, -0.1) is 0 Å². The van der Waals surface area contributed by atoms with E-state index in [4.69, 9.17) is 23.2 Å². The Bertz CT molecular complexity index is 368. The molecule has 82 valence electrons. The molecule has 0 spiro atoms. The van der Waals surface area contributed by atoms with Gasteiger partial charge >= 0.3 is 6.03 Å². The molecule has 2 N–H and O–H groups in total. The largest absolute Gasteiger partial charge is 0.341 e. The van der Waals surface area contributed by atoms with Crippen LogP contribution in [0.4, 0.5) is 4.79 Å². The van der Waals surface area contributed by atoms with E-state index in [1.54, 1.807) is 25.2 Å². The van der Waals surface area contributed by atoms with Crippen molar-refractivity contribution in [2.75, 3.05) is 7.05 Å². The van der Waals surface area contributed by atoms with Crippen LogP contribution in [0.25, 0.3) is 0 Å². The lowest BCUT2D eigenvalue weighted by Gasteiger charge is -2.15. The van der Waals surface area contributed by atoms with Gasteiger partial charge in [0, 0.05) is 17.1 Å². The molecule has 0 saturated carbocycles. The zero-order valence-electron chi connectivity index (χ0n) is 8.47. The van der Waals surface area contributed by atoms with Crippen LogP contribution in [0.2, 0.25) is 10.0 Å². The molecule has 1 unspecified atom stereocenters. The topological polar surface area (TPSA) is 41.1 Å². The van der Waals surface area contributed by atoms with E-state index >= 15 is 0 Å². The van der Waals surface area contributed by atoms with E-state index in [2.05, 4.69) is 10.6 Å². The fourth-order valence-electron chi connectivity index (χ4n) is 1.20. The van der Waals surface area contributed by atoms with Crippen molar-refractivity contribution in [1.29, 1.82) is 0 Å². The van der Waals surface area contributed by atoms with Crippen LogP contribution in [0.15, 0.2) is 18.2 Å². The highest BCUT2D eigenvalue weighted by atomic mass is 35.5. The van der Waals surface area contributed by atoms with Crippen molar-refractivity contribution in [3.05, 3.63) is 33.8 Å². The van der Waals surface area contributed by atoms with Crippen molar-refractivity contribution in [2.45, 2.75) is 13.0 Å². The van der Waals surface area contributed by atoms with E-state index < -0.39 is 0 Å². The Balaban J connectivity index is 2.82.